The Hall–Kier alpha value is -3.86. The number of ether oxygens (including phenoxy) is 1. The third kappa shape index (κ3) is 4.82. The molecule has 168 valence electrons. The van der Waals surface area contributed by atoms with Crippen LogP contribution in [0.25, 0.3) is 17.1 Å². The minimum atomic E-state index is -1.65. The Balaban J connectivity index is 1.59. The molecule has 7 nitrogen and oxygen atoms in total. The monoisotopic (exact) mass is 471 g/mol. The topological polar surface area (TPSA) is 81.9 Å². The highest BCUT2D eigenvalue weighted by Crippen LogP contribution is 2.29. The van der Waals surface area contributed by atoms with Gasteiger partial charge in [-0.3, -0.25) is 14.3 Å². The average molecular weight is 471 g/mol. The Morgan fingerprint density at radius 1 is 1.00 bits per heavy atom. The van der Waals surface area contributed by atoms with Crippen molar-refractivity contribution in [3.63, 3.8) is 0 Å². The SMILES string of the molecule is COc1ccc(-n2c(SCC(=O)Nc3ccc(F)c(F)c3F)nnc2-c2ccncc2)cc1. The summed E-state index contributed by atoms with van der Waals surface area (Å²) in [5.41, 5.74) is 1.03. The molecule has 4 aromatic rings. The van der Waals surface area contributed by atoms with E-state index in [0.29, 0.717) is 16.7 Å². The zero-order chi connectivity index (χ0) is 23.4. The third-order valence-electron chi connectivity index (χ3n) is 4.54. The Morgan fingerprint density at radius 3 is 2.42 bits per heavy atom. The Labute approximate surface area is 190 Å². The fourth-order valence-corrected chi connectivity index (χ4v) is 3.71. The van der Waals surface area contributed by atoms with Gasteiger partial charge in [0.1, 0.15) is 5.75 Å². The van der Waals surface area contributed by atoms with Crippen molar-refractivity contribution in [3.05, 3.63) is 78.4 Å². The quantitative estimate of drug-likeness (QED) is 0.316. The van der Waals surface area contributed by atoms with Crippen molar-refractivity contribution in [2.24, 2.45) is 0 Å². The number of nitrogens with zero attached hydrogens (tertiary/aromatic N) is 4. The standard InChI is InChI=1S/C22H16F3N5O2S/c1-32-15-4-2-14(3-5-15)30-21(13-8-10-26-11-9-13)28-29-22(30)33-12-18(31)27-17-7-6-16(23)19(24)20(17)25/h2-11H,12H2,1H3,(H,27,31). The van der Waals surface area contributed by atoms with Gasteiger partial charge >= 0.3 is 0 Å². The number of hydrogen-bond acceptors (Lipinski definition) is 6. The number of aromatic nitrogens is 4. The first-order valence-corrected chi connectivity index (χ1v) is 10.5. The normalized spacial score (nSPS) is 10.8. The average Bonchev–Trinajstić information content (AvgIpc) is 3.27. The molecule has 4 rings (SSSR count). The van der Waals surface area contributed by atoms with Crippen LogP contribution >= 0.6 is 11.8 Å². The molecule has 0 atom stereocenters. The van der Waals surface area contributed by atoms with Crippen molar-refractivity contribution in [2.75, 3.05) is 18.2 Å². The molecule has 0 radical (unpaired) electrons. The summed E-state index contributed by atoms with van der Waals surface area (Å²) in [6.45, 7) is 0. The van der Waals surface area contributed by atoms with Crippen LogP contribution in [0.15, 0.2) is 66.1 Å². The number of nitrogens with one attached hydrogen (secondary N) is 1. The van der Waals surface area contributed by atoms with Crippen molar-refractivity contribution in [1.82, 2.24) is 19.7 Å². The number of carbonyl (C=O) groups is 1. The van der Waals surface area contributed by atoms with Gasteiger partial charge in [0.05, 0.1) is 18.6 Å². The van der Waals surface area contributed by atoms with Crippen LogP contribution in [-0.4, -0.2) is 38.5 Å². The molecular formula is C22H16F3N5O2S. The van der Waals surface area contributed by atoms with E-state index < -0.39 is 29.0 Å². The predicted octanol–water partition coefficient (Wildman–Crippen LogP) is 4.49. The molecule has 0 aliphatic carbocycles. The van der Waals surface area contributed by atoms with Crippen LogP contribution < -0.4 is 10.1 Å². The van der Waals surface area contributed by atoms with Gasteiger partial charge in [0, 0.05) is 23.6 Å². The molecule has 0 aliphatic heterocycles. The molecule has 33 heavy (non-hydrogen) atoms. The number of pyridine rings is 1. The van der Waals surface area contributed by atoms with Gasteiger partial charge in [0.2, 0.25) is 5.91 Å². The fourth-order valence-electron chi connectivity index (χ4n) is 2.95. The van der Waals surface area contributed by atoms with Crippen LogP contribution in [0.3, 0.4) is 0 Å². The van der Waals surface area contributed by atoms with Gasteiger partial charge in [-0.05, 0) is 48.5 Å². The van der Waals surface area contributed by atoms with Crippen LogP contribution in [0.5, 0.6) is 5.75 Å². The highest BCUT2D eigenvalue weighted by molar-refractivity contribution is 7.99. The highest BCUT2D eigenvalue weighted by Gasteiger charge is 2.19. The van der Waals surface area contributed by atoms with E-state index in [4.69, 9.17) is 4.74 Å². The molecule has 1 amide bonds. The second-order valence-electron chi connectivity index (χ2n) is 6.64. The van der Waals surface area contributed by atoms with Crippen LogP contribution in [0.1, 0.15) is 0 Å². The molecule has 2 heterocycles. The lowest BCUT2D eigenvalue weighted by molar-refractivity contribution is -0.113. The molecule has 0 aliphatic rings. The molecule has 0 bridgehead atoms. The lowest BCUT2D eigenvalue weighted by Gasteiger charge is -2.11. The van der Waals surface area contributed by atoms with Gasteiger partial charge in [-0.1, -0.05) is 11.8 Å². The van der Waals surface area contributed by atoms with E-state index in [1.54, 1.807) is 48.3 Å². The van der Waals surface area contributed by atoms with Gasteiger partial charge in [0.15, 0.2) is 28.4 Å². The van der Waals surface area contributed by atoms with Gasteiger partial charge < -0.3 is 10.1 Å². The number of hydrogen-bond donors (Lipinski definition) is 1. The predicted molar refractivity (Wildman–Crippen MR) is 117 cm³/mol. The first kappa shape index (κ1) is 22.3. The summed E-state index contributed by atoms with van der Waals surface area (Å²) in [5.74, 6) is -4.06. The van der Waals surface area contributed by atoms with Gasteiger partial charge in [-0.2, -0.15) is 0 Å². The van der Waals surface area contributed by atoms with E-state index in [0.717, 1.165) is 35.1 Å². The fraction of sp³-hybridized carbons (Fsp3) is 0.0909. The van der Waals surface area contributed by atoms with Crippen LogP contribution in [0.2, 0.25) is 0 Å². The van der Waals surface area contributed by atoms with Gasteiger partial charge in [-0.15, -0.1) is 10.2 Å². The van der Waals surface area contributed by atoms with Crippen LogP contribution in [0, 0.1) is 17.5 Å². The number of carbonyl (C=O) groups excluding carboxylic acids is 1. The number of benzene rings is 2. The highest BCUT2D eigenvalue weighted by atomic mass is 32.2. The van der Waals surface area contributed by atoms with E-state index in [1.807, 2.05) is 12.1 Å². The molecule has 2 aromatic carbocycles. The van der Waals surface area contributed by atoms with Gasteiger partial charge in [0.25, 0.3) is 0 Å². The Kier molecular flexibility index (Phi) is 6.59. The lowest BCUT2D eigenvalue weighted by Crippen LogP contribution is -2.16. The van der Waals surface area contributed by atoms with Crippen molar-refractivity contribution in [2.45, 2.75) is 5.16 Å². The lowest BCUT2D eigenvalue weighted by atomic mass is 10.2. The maximum atomic E-state index is 13.8. The summed E-state index contributed by atoms with van der Waals surface area (Å²) < 4.78 is 47.3. The minimum absolute atomic E-state index is 0.178. The summed E-state index contributed by atoms with van der Waals surface area (Å²) in [6.07, 6.45) is 3.25. The van der Waals surface area contributed by atoms with Crippen molar-refractivity contribution in [1.29, 1.82) is 0 Å². The van der Waals surface area contributed by atoms with Gasteiger partial charge in [-0.25, -0.2) is 13.2 Å². The van der Waals surface area contributed by atoms with Crippen molar-refractivity contribution in [3.8, 4) is 22.8 Å². The number of anilines is 1. The molecule has 1 N–H and O–H groups in total. The van der Waals surface area contributed by atoms with E-state index in [-0.39, 0.29) is 5.75 Å². The summed E-state index contributed by atoms with van der Waals surface area (Å²) in [5, 5.41) is 11.1. The molecule has 0 unspecified atom stereocenters. The zero-order valence-electron chi connectivity index (χ0n) is 17.1. The largest absolute Gasteiger partial charge is 0.497 e. The first-order chi connectivity index (χ1) is 16.0. The summed E-state index contributed by atoms with van der Waals surface area (Å²) in [7, 11) is 1.56. The molecule has 2 aromatic heterocycles. The maximum Gasteiger partial charge on any atom is 0.234 e. The Bertz CT molecular complexity index is 1280. The van der Waals surface area contributed by atoms with Crippen LogP contribution in [-0.2, 0) is 4.79 Å². The molecule has 0 saturated heterocycles. The number of amides is 1. The second-order valence-corrected chi connectivity index (χ2v) is 7.58. The number of thioether (sulfide) groups is 1. The van der Waals surface area contributed by atoms with E-state index in [2.05, 4.69) is 20.5 Å². The van der Waals surface area contributed by atoms with E-state index in [9.17, 15) is 18.0 Å². The molecule has 0 saturated carbocycles. The second kappa shape index (κ2) is 9.74. The molecule has 0 fully saturated rings. The third-order valence-corrected chi connectivity index (χ3v) is 5.47. The number of halogens is 3. The summed E-state index contributed by atoms with van der Waals surface area (Å²) >= 11 is 1.05. The summed E-state index contributed by atoms with van der Waals surface area (Å²) in [4.78, 5) is 16.4. The van der Waals surface area contributed by atoms with E-state index >= 15 is 0 Å². The molecular weight excluding hydrogens is 455 g/mol. The van der Waals surface area contributed by atoms with Crippen molar-refractivity contribution < 1.29 is 22.7 Å². The molecule has 0 spiro atoms. The zero-order valence-corrected chi connectivity index (χ0v) is 17.9. The number of rotatable bonds is 7. The Morgan fingerprint density at radius 2 is 1.73 bits per heavy atom. The van der Waals surface area contributed by atoms with Crippen LogP contribution in [0.4, 0.5) is 18.9 Å². The molecule has 11 heteroatoms. The van der Waals surface area contributed by atoms with Crippen molar-refractivity contribution >= 4 is 23.4 Å². The minimum Gasteiger partial charge on any atom is -0.497 e. The number of methoxy groups -OCH3 is 1. The maximum absolute atomic E-state index is 13.8. The summed E-state index contributed by atoms with van der Waals surface area (Å²) in [6, 6.07) is 12.4. The van der Waals surface area contributed by atoms with E-state index in [1.165, 1.54) is 0 Å². The smallest absolute Gasteiger partial charge is 0.234 e. The first-order valence-electron chi connectivity index (χ1n) is 9.54.